The molecule has 8 atom stereocenters. The van der Waals surface area contributed by atoms with Crippen molar-refractivity contribution in [3.63, 3.8) is 0 Å². The second-order valence-corrected chi connectivity index (χ2v) is 44.3. The Hall–Kier alpha value is -3.90. The van der Waals surface area contributed by atoms with Crippen molar-refractivity contribution in [3.8, 4) is 11.5 Å². The van der Waals surface area contributed by atoms with Crippen LogP contribution in [-0.2, 0) is 88.7 Å². The van der Waals surface area contributed by atoms with Crippen molar-refractivity contribution in [3.05, 3.63) is 126 Å². The van der Waals surface area contributed by atoms with Gasteiger partial charge in [-0.3, -0.25) is 9.59 Å². The highest BCUT2D eigenvalue weighted by atomic mass is 31.1. The van der Waals surface area contributed by atoms with E-state index in [1.165, 1.54) is 64.9 Å². The summed E-state index contributed by atoms with van der Waals surface area (Å²) in [6.07, 6.45) is 10.4. The molecule has 0 radical (unpaired) electrons. The lowest BCUT2D eigenvalue weighted by Crippen LogP contribution is -2.61. The molecule has 4 aromatic carbocycles. The van der Waals surface area contributed by atoms with E-state index in [4.69, 9.17) is 83.0 Å². The first-order valence-corrected chi connectivity index (χ1v) is 49.4. The summed E-state index contributed by atoms with van der Waals surface area (Å²) in [7, 11) is -4.78. The van der Waals surface area contributed by atoms with Gasteiger partial charge in [0, 0.05) is 63.2 Å². The van der Waals surface area contributed by atoms with Gasteiger partial charge in [0.25, 0.3) is 6.48 Å². The van der Waals surface area contributed by atoms with Gasteiger partial charge in [-0.2, -0.15) is 0 Å². The van der Waals surface area contributed by atoms with Crippen molar-refractivity contribution < 1.29 is 97.0 Å². The number of esters is 2. The van der Waals surface area contributed by atoms with Gasteiger partial charge in [0.1, 0.15) is 72.8 Å². The highest BCUT2D eigenvalue weighted by Gasteiger charge is 2.56. The lowest BCUT2D eigenvalue weighted by atomic mass is 9.80. The average Bonchev–Trinajstić information content (AvgIpc) is 1.51. The predicted octanol–water partition coefficient (Wildman–Crippen LogP) is 15.5. The van der Waals surface area contributed by atoms with Gasteiger partial charge in [0.05, 0.1) is 64.6 Å². The van der Waals surface area contributed by atoms with Crippen LogP contribution in [0.2, 0.25) is 39.3 Å². The zero-order valence-corrected chi connectivity index (χ0v) is 69.1. The smallest absolute Gasteiger partial charge is 0.497 e. The SMILES string of the molecule is CC(=O)OCCOC(OCCOC(C)=O)O[C@@H]1[C@H](OP(C)C)[C@@H](CO[Si](OC2CCCCCCCCCCC2)(O[Si](C)(C)C)O[Si](C)(C)C)O[C@H]1C.COc1ccc(C(OC[C@H]2O[C@@H](C)[C@H](OC3(OC)CCN(c4ccccc4F)CC3)[C@@H]2OP(C)C)(c2ccccc2)c2ccc(OC)cc2)cc1. The van der Waals surface area contributed by atoms with E-state index in [2.05, 4.69) is 64.7 Å². The Balaban J connectivity index is 0.000000288. The molecule has 3 aliphatic heterocycles. The lowest BCUT2D eigenvalue weighted by Gasteiger charge is -2.44. The molecule has 1 saturated carbocycles. The molecule has 4 aromatic rings. The third-order valence-corrected chi connectivity index (χ3v) is 27.4. The van der Waals surface area contributed by atoms with Gasteiger partial charge >= 0.3 is 21.0 Å². The monoisotopic (exact) mass is 1530 g/mol. The number of halogens is 1. The number of para-hydroxylation sites is 1. The fourth-order valence-corrected chi connectivity index (χ4v) is 23.3. The van der Waals surface area contributed by atoms with E-state index >= 15 is 0 Å². The molecular weight excluding hydrogens is 1410 g/mol. The summed E-state index contributed by atoms with van der Waals surface area (Å²) in [6.45, 7) is 28.1. The standard InChI is InChI=1S/C41H49FNO7P.C35H71O13PSi3/c1-29-38(49-40(46-4)24-26-43(27-25-40)36-15-11-10-14-35(36)42)39(50-51(5)6)37(48-29)28-47-41(30-12-8-7-9-13-30,31-16-20-33(44-2)21-17-31)32-18-22-34(45-3)23-19-32;1-28-33(44-35(40-25-23-38-29(2)36)41-26-24-39-30(3)37)34(45-49(4)5)32(43-28)27-42-52(47-50(6,7)8,48-51(9,10)11)46-31-21-19-17-15-13-12-14-16-18-20-22-31/h7-23,29,37-39H,24-28H2,1-6H3;28,31-35H,12-27H2,1-11H3/t29-,37+,38-,39+;28-,32+,33-,34+/m00/s1. The van der Waals surface area contributed by atoms with E-state index < -0.39 is 115 Å². The van der Waals surface area contributed by atoms with Crippen LogP contribution in [0.3, 0.4) is 0 Å². The first-order valence-electron chi connectivity index (χ1n) is 36.7. The summed E-state index contributed by atoms with van der Waals surface area (Å²) in [6, 6.07) is 33.1. The van der Waals surface area contributed by atoms with E-state index in [9.17, 15) is 14.0 Å². The Labute approximate surface area is 619 Å². The van der Waals surface area contributed by atoms with Crippen molar-refractivity contribution >= 4 is 59.6 Å². The molecule has 8 rings (SSSR count). The molecule has 3 heterocycles. The van der Waals surface area contributed by atoms with Crippen molar-refractivity contribution in [2.75, 3.05) is 106 Å². The number of carbonyl (C=O) groups excluding carboxylic acids is 2. The first-order chi connectivity index (χ1) is 49.1. The number of carbonyl (C=O) groups is 2. The van der Waals surface area contributed by atoms with Crippen LogP contribution in [0.1, 0.15) is 128 Å². The largest absolute Gasteiger partial charge is 0.658 e. The minimum atomic E-state index is -3.70. The summed E-state index contributed by atoms with van der Waals surface area (Å²) >= 11 is 0. The number of methoxy groups -OCH3 is 3. The van der Waals surface area contributed by atoms with Crippen LogP contribution >= 0.6 is 16.3 Å². The highest BCUT2D eigenvalue weighted by molar-refractivity contribution is 7.51. The molecule has 1 aliphatic carbocycles. The molecule has 3 saturated heterocycles. The van der Waals surface area contributed by atoms with Crippen LogP contribution in [0, 0.1) is 5.82 Å². The maximum Gasteiger partial charge on any atom is 0.658 e. The van der Waals surface area contributed by atoms with Gasteiger partial charge in [-0.1, -0.05) is 125 Å². The highest BCUT2D eigenvalue weighted by Crippen LogP contribution is 2.46. The summed E-state index contributed by atoms with van der Waals surface area (Å²) in [4.78, 5) is 24.6. The topological polar surface area (TPSA) is 204 Å². The van der Waals surface area contributed by atoms with E-state index in [-0.39, 0.29) is 57.7 Å². The number of piperidine rings is 1. The third-order valence-electron chi connectivity index (χ3n) is 18.0. The molecule has 4 fully saturated rings. The summed E-state index contributed by atoms with van der Waals surface area (Å²) in [5, 5.41) is 0. The van der Waals surface area contributed by atoms with Gasteiger partial charge in [-0.25, -0.2) is 4.39 Å². The molecule has 103 heavy (non-hydrogen) atoms. The van der Waals surface area contributed by atoms with Crippen LogP contribution in [0.5, 0.6) is 11.5 Å². The van der Waals surface area contributed by atoms with E-state index in [0.29, 0.717) is 31.6 Å². The Morgan fingerprint density at radius 2 is 1.03 bits per heavy atom. The van der Waals surface area contributed by atoms with Gasteiger partial charge < -0.3 is 87.9 Å². The van der Waals surface area contributed by atoms with Crippen molar-refractivity contribution in [1.82, 2.24) is 0 Å². The van der Waals surface area contributed by atoms with E-state index in [1.807, 2.05) is 111 Å². The zero-order valence-electron chi connectivity index (χ0n) is 64.3. The minimum Gasteiger partial charge on any atom is -0.497 e. The normalized spacial score (nSPS) is 22.7. The van der Waals surface area contributed by atoms with Crippen LogP contribution in [0.25, 0.3) is 0 Å². The molecular formula is C76H120FNO20P2Si3. The Bertz CT molecular complexity index is 3000. The quantitative estimate of drug-likeness (QED) is 0.0105. The fourth-order valence-electron chi connectivity index (χ4n) is 13.3. The zero-order chi connectivity index (χ0) is 74.8. The molecule has 0 amide bonds. The van der Waals surface area contributed by atoms with Gasteiger partial charge in [-0.15, -0.1) is 0 Å². The first kappa shape index (κ1) is 86.3. The molecule has 21 nitrogen and oxygen atoms in total. The maximum absolute atomic E-state index is 14.6. The lowest BCUT2D eigenvalue weighted by molar-refractivity contribution is -0.315. The molecule has 4 aliphatic rings. The second kappa shape index (κ2) is 42.2. The van der Waals surface area contributed by atoms with Crippen LogP contribution < -0.4 is 14.4 Å². The van der Waals surface area contributed by atoms with Crippen molar-refractivity contribution in [2.45, 2.75) is 223 Å². The molecule has 578 valence electrons. The minimum absolute atomic E-state index is 0.0153. The van der Waals surface area contributed by atoms with Crippen LogP contribution in [0.15, 0.2) is 103 Å². The predicted molar refractivity (Wildman–Crippen MR) is 407 cm³/mol. The number of benzene rings is 4. The number of nitrogens with zero attached hydrogens (tertiary/aromatic N) is 1. The van der Waals surface area contributed by atoms with Gasteiger partial charge in [-0.05, 0) is 146 Å². The van der Waals surface area contributed by atoms with Crippen molar-refractivity contribution in [2.24, 2.45) is 0 Å². The number of rotatable bonds is 35. The molecule has 0 unspecified atom stereocenters. The number of hydrogen-bond acceptors (Lipinski definition) is 21. The second-order valence-electron chi connectivity index (χ2n) is 29.0. The molecule has 0 spiro atoms. The van der Waals surface area contributed by atoms with Crippen molar-refractivity contribution in [1.29, 1.82) is 0 Å². The maximum atomic E-state index is 14.6. The van der Waals surface area contributed by atoms with Crippen LogP contribution in [-0.4, -0.2) is 206 Å². The summed E-state index contributed by atoms with van der Waals surface area (Å²) in [5.41, 5.74) is 2.42. The van der Waals surface area contributed by atoms with E-state index in [1.54, 1.807) is 27.4 Å². The number of ether oxygens (including phenoxy) is 12. The molecule has 0 bridgehead atoms. The average molecular weight is 1530 g/mol. The Kier molecular flexibility index (Phi) is 35.3. The van der Waals surface area contributed by atoms with Gasteiger partial charge in [0.15, 0.2) is 22.4 Å². The van der Waals surface area contributed by atoms with Crippen LogP contribution in [0.4, 0.5) is 10.1 Å². The molecule has 0 N–H and O–H groups in total. The van der Waals surface area contributed by atoms with Gasteiger partial charge in [0.2, 0.25) is 0 Å². The Morgan fingerprint density at radius 3 is 1.49 bits per heavy atom. The summed E-state index contributed by atoms with van der Waals surface area (Å²) in [5.74, 6) is -0.433. The Morgan fingerprint density at radius 1 is 0.583 bits per heavy atom. The number of hydrogen-bond donors (Lipinski definition) is 0. The number of anilines is 1. The molecule has 27 heteroatoms. The summed E-state index contributed by atoms with van der Waals surface area (Å²) < 4.78 is 128. The molecule has 0 aromatic heterocycles. The van der Waals surface area contributed by atoms with E-state index in [0.717, 1.165) is 53.9 Å². The third kappa shape index (κ3) is 27.3. The fraction of sp³-hybridized carbons (Fsp3) is 0.658.